The molecule has 0 radical (unpaired) electrons. The normalized spacial score (nSPS) is 11.6. The van der Waals surface area contributed by atoms with Crippen molar-refractivity contribution in [3.05, 3.63) is 30.1 Å². The van der Waals surface area contributed by atoms with E-state index in [-0.39, 0.29) is 10.6 Å². The molecule has 0 unspecified atom stereocenters. The molecule has 1 N–H and O–H groups in total. The Balaban J connectivity index is 2.83. The van der Waals surface area contributed by atoms with Crippen LogP contribution in [-0.4, -0.2) is 27.8 Å². The van der Waals surface area contributed by atoms with E-state index >= 15 is 0 Å². The summed E-state index contributed by atoms with van der Waals surface area (Å²) in [6.45, 7) is 0.605. The van der Waals surface area contributed by atoms with E-state index in [9.17, 15) is 12.8 Å². The Morgan fingerprint density at radius 1 is 1.33 bits per heavy atom. The van der Waals surface area contributed by atoms with Gasteiger partial charge in [0.1, 0.15) is 10.7 Å². The van der Waals surface area contributed by atoms with Gasteiger partial charge in [0.25, 0.3) is 0 Å². The molecule has 0 bridgehead atoms. The van der Waals surface area contributed by atoms with Gasteiger partial charge in [-0.15, -0.1) is 0 Å². The molecular weight excluding hydrogens is 217 g/mol. The summed E-state index contributed by atoms with van der Waals surface area (Å²) in [4.78, 5) is -0.207. The van der Waals surface area contributed by atoms with E-state index in [1.54, 1.807) is 7.05 Å². The minimum Gasteiger partial charge on any atom is -0.320 e. The number of nitrogens with one attached hydrogen (secondary N) is 1. The first-order valence-electron chi connectivity index (χ1n) is 4.70. The van der Waals surface area contributed by atoms with Crippen LogP contribution in [0.1, 0.15) is 6.42 Å². The molecule has 1 aromatic carbocycles. The Labute approximate surface area is 89.2 Å². The van der Waals surface area contributed by atoms with Crippen molar-refractivity contribution in [3.8, 4) is 0 Å². The fraction of sp³-hybridized carbons (Fsp3) is 0.400. The first kappa shape index (κ1) is 12.1. The molecule has 3 nitrogen and oxygen atoms in total. The topological polar surface area (TPSA) is 46.2 Å². The third kappa shape index (κ3) is 3.28. The number of hydrogen-bond acceptors (Lipinski definition) is 3. The maximum atomic E-state index is 13.2. The quantitative estimate of drug-likeness (QED) is 0.775. The summed E-state index contributed by atoms with van der Waals surface area (Å²) in [5.41, 5.74) is 0. The number of rotatable bonds is 5. The second-order valence-electron chi connectivity index (χ2n) is 3.21. The van der Waals surface area contributed by atoms with Crippen molar-refractivity contribution >= 4 is 9.84 Å². The summed E-state index contributed by atoms with van der Waals surface area (Å²) in [7, 11) is -1.73. The number of benzene rings is 1. The Kier molecular flexibility index (Phi) is 4.23. The maximum absolute atomic E-state index is 13.2. The highest BCUT2D eigenvalue weighted by Crippen LogP contribution is 2.15. The van der Waals surface area contributed by atoms with Gasteiger partial charge in [0.15, 0.2) is 9.84 Å². The highest BCUT2D eigenvalue weighted by atomic mass is 32.2. The first-order chi connectivity index (χ1) is 7.08. The van der Waals surface area contributed by atoms with Crippen LogP contribution in [0.2, 0.25) is 0 Å². The largest absolute Gasteiger partial charge is 0.320 e. The predicted octanol–water partition coefficient (Wildman–Crippen LogP) is 1.21. The van der Waals surface area contributed by atoms with Crippen molar-refractivity contribution in [2.75, 3.05) is 19.3 Å². The zero-order chi connectivity index (χ0) is 11.3. The Bertz CT molecular complexity index is 417. The van der Waals surface area contributed by atoms with Gasteiger partial charge in [-0.3, -0.25) is 0 Å². The van der Waals surface area contributed by atoms with Gasteiger partial charge in [0.2, 0.25) is 0 Å². The van der Waals surface area contributed by atoms with Crippen LogP contribution in [0.3, 0.4) is 0 Å². The lowest BCUT2D eigenvalue weighted by atomic mass is 10.3. The third-order valence-corrected chi connectivity index (χ3v) is 3.84. The van der Waals surface area contributed by atoms with Crippen molar-refractivity contribution in [3.63, 3.8) is 0 Å². The molecule has 5 heteroatoms. The Morgan fingerprint density at radius 2 is 2.00 bits per heavy atom. The molecule has 0 saturated heterocycles. The van der Waals surface area contributed by atoms with Crippen LogP contribution >= 0.6 is 0 Å². The van der Waals surface area contributed by atoms with Gasteiger partial charge in [-0.2, -0.15) is 0 Å². The van der Waals surface area contributed by atoms with Crippen molar-refractivity contribution in [2.24, 2.45) is 0 Å². The number of sulfone groups is 1. The minimum atomic E-state index is -3.48. The van der Waals surface area contributed by atoms with E-state index in [0.29, 0.717) is 13.0 Å². The fourth-order valence-electron chi connectivity index (χ4n) is 1.25. The van der Waals surface area contributed by atoms with E-state index in [0.717, 1.165) is 6.07 Å². The molecule has 0 heterocycles. The van der Waals surface area contributed by atoms with Gasteiger partial charge in [-0.1, -0.05) is 12.1 Å². The molecular formula is C10H14FNO2S. The van der Waals surface area contributed by atoms with Crippen molar-refractivity contribution in [1.82, 2.24) is 5.32 Å². The van der Waals surface area contributed by atoms with Gasteiger partial charge < -0.3 is 5.32 Å². The maximum Gasteiger partial charge on any atom is 0.181 e. The van der Waals surface area contributed by atoms with Crippen LogP contribution in [0, 0.1) is 5.82 Å². The average molecular weight is 231 g/mol. The number of halogens is 1. The molecule has 0 fully saturated rings. The predicted molar refractivity (Wildman–Crippen MR) is 57.0 cm³/mol. The van der Waals surface area contributed by atoms with Gasteiger partial charge in [0.05, 0.1) is 5.75 Å². The Hall–Kier alpha value is -0.940. The lowest BCUT2D eigenvalue weighted by molar-refractivity contribution is 0.564. The highest BCUT2D eigenvalue weighted by molar-refractivity contribution is 7.91. The zero-order valence-electron chi connectivity index (χ0n) is 8.53. The molecule has 0 atom stereocenters. The summed E-state index contributed by atoms with van der Waals surface area (Å²) < 4.78 is 36.5. The second-order valence-corrected chi connectivity index (χ2v) is 5.28. The molecule has 84 valence electrons. The standard InChI is InChI=1S/C10H14FNO2S/c1-12-7-4-8-15(13,14)10-6-3-2-5-9(10)11/h2-3,5-6,12H,4,7-8H2,1H3. The molecule has 1 aromatic rings. The van der Waals surface area contributed by atoms with Crippen molar-refractivity contribution < 1.29 is 12.8 Å². The molecule has 0 spiro atoms. The fourth-order valence-corrected chi connectivity index (χ4v) is 2.64. The smallest absolute Gasteiger partial charge is 0.181 e. The zero-order valence-corrected chi connectivity index (χ0v) is 9.35. The number of hydrogen-bond donors (Lipinski definition) is 1. The average Bonchev–Trinajstić information content (AvgIpc) is 2.18. The van der Waals surface area contributed by atoms with E-state index in [1.165, 1.54) is 18.2 Å². The molecule has 0 aliphatic heterocycles. The van der Waals surface area contributed by atoms with Crippen LogP contribution in [0.5, 0.6) is 0 Å². The second kappa shape index (κ2) is 5.23. The van der Waals surface area contributed by atoms with Crippen LogP contribution in [0.4, 0.5) is 4.39 Å². The van der Waals surface area contributed by atoms with Crippen LogP contribution < -0.4 is 5.32 Å². The third-order valence-electron chi connectivity index (χ3n) is 2.01. The summed E-state index contributed by atoms with van der Waals surface area (Å²) in [5, 5.41) is 2.85. The van der Waals surface area contributed by atoms with E-state index < -0.39 is 15.7 Å². The minimum absolute atomic E-state index is 0.0330. The van der Waals surface area contributed by atoms with E-state index in [1.807, 2.05) is 0 Å². The van der Waals surface area contributed by atoms with Crippen LogP contribution in [0.25, 0.3) is 0 Å². The van der Waals surface area contributed by atoms with Crippen molar-refractivity contribution in [2.45, 2.75) is 11.3 Å². The molecule has 0 amide bonds. The van der Waals surface area contributed by atoms with Crippen molar-refractivity contribution in [1.29, 1.82) is 0 Å². The van der Waals surface area contributed by atoms with Crippen LogP contribution in [0.15, 0.2) is 29.2 Å². The highest BCUT2D eigenvalue weighted by Gasteiger charge is 2.17. The van der Waals surface area contributed by atoms with Gasteiger partial charge in [-0.25, -0.2) is 12.8 Å². The molecule has 1 rings (SSSR count). The lowest BCUT2D eigenvalue weighted by Crippen LogP contribution is -2.15. The van der Waals surface area contributed by atoms with Crippen LogP contribution in [-0.2, 0) is 9.84 Å². The molecule has 0 aliphatic rings. The first-order valence-corrected chi connectivity index (χ1v) is 6.35. The monoisotopic (exact) mass is 231 g/mol. The molecule has 0 aromatic heterocycles. The van der Waals surface area contributed by atoms with Gasteiger partial charge in [0, 0.05) is 0 Å². The summed E-state index contributed by atoms with van der Waals surface area (Å²) in [6, 6.07) is 5.45. The van der Waals surface area contributed by atoms with E-state index in [2.05, 4.69) is 5.32 Å². The van der Waals surface area contributed by atoms with E-state index in [4.69, 9.17) is 0 Å². The SMILES string of the molecule is CNCCCS(=O)(=O)c1ccccc1F. The summed E-state index contributed by atoms with van der Waals surface area (Å²) in [6.07, 6.45) is 0.479. The Morgan fingerprint density at radius 3 is 2.60 bits per heavy atom. The molecule has 0 saturated carbocycles. The van der Waals surface area contributed by atoms with Gasteiger partial charge in [-0.05, 0) is 32.1 Å². The molecule has 15 heavy (non-hydrogen) atoms. The summed E-state index contributed by atoms with van der Waals surface area (Å²) >= 11 is 0. The van der Waals surface area contributed by atoms with Gasteiger partial charge >= 0.3 is 0 Å². The molecule has 0 aliphatic carbocycles. The summed E-state index contributed by atoms with van der Waals surface area (Å²) in [5.74, 6) is -0.712. The lowest BCUT2D eigenvalue weighted by Gasteiger charge is -2.04.